The van der Waals surface area contributed by atoms with E-state index in [1.165, 1.54) is 12.3 Å². The summed E-state index contributed by atoms with van der Waals surface area (Å²) < 4.78 is 51.2. The maximum absolute atomic E-state index is 13.5. The van der Waals surface area contributed by atoms with Gasteiger partial charge >= 0.3 is 6.18 Å². The molecule has 0 fully saturated rings. The number of alkyl halides is 3. The minimum atomic E-state index is -4.54. The predicted octanol–water partition coefficient (Wildman–Crippen LogP) is 3.87. The van der Waals surface area contributed by atoms with E-state index < -0.39 is 17.6 Å². The maximum Gasteiger partial charge on any atom is 0.416 e. The summed E-state index contributed by atoms with van der Waals surface area (Å²) in [4.78, 5) is 3.93. The highest BCUT2D eigenvalue weighted by atomic mass is 19.4. The lowest BCUT2D eigenvalue weighted by atomic mass is 10.2. The molecule has 0 atom stereocenters. The van der Waals surface area contributed by atoms with Crippen molar-refractivity contribution < 1.29 is 17.6 Å². The first kappa shape index (κ1) is 14.1. The Labute approximate surface area is 112 Å². The lowest BCUT2D eigenvalue weighted by molar-refractivity contribution is -0.137. The van der Waals surface area contributed by atoms with E-state index in [-0.39, 0.29) is 11.5 Å². The monoisotopic (exact) mass is 285 g/mol. The second-order valence-corrected chi connectivity index (χ2v) is 4.24. The molecule has 3 N–H and O–H groups in total. The van der Waals surface area contributed by atoms with E-state index in [9.17, 15) is 17.6 Å². The third-order valence-electron chi connectivity index (χ3n) is 2.70. The third kappa shape index (κ3) is 2.98. The zero-order valence-electron chi connectivity index (χ0n) is 10.4. The molecule has 0 spiro atoms. The topological polar surface area (TPSA) is 50.9 Å². The summed E-state index contributed by atoms with van der Waals surface area (Å²) in [5, 5.41) is 2.49. The molecule has 0 aliphatic carbocycles. The molecule has 0 amide bonds. The summed E-state index contributed by atoms with van der Waals surface area (Å²) in [6, 6.07) is 3.54. The van der Waals surface area contributed by atoms with Crippen LogP contribution in [-0.2, 0) is 6.18 Å². The first-order valence-electron chi connectivity index (χ1n) is 5.63. The summed E-state index contributed by atoms with van der Waals surface area (Å²) in [5.74, 6) is -0.634. The fourth-order valence-corrected chi connectivity index (χ4v) is 1.54. The lowest BCUT2D eigenvalue weighted by Crippen LogP contribution is -2.07. The van der Waals surface area contributed by atoms with Crippen LogP contribution in [0, 0.1) is 12.7 Å². The van der Waals surface area contributed by atoms with E-state index in [2.05, 4.69) is 10.3 Å². The smallest absolute Gasteiger partial charge is 0.398 e. The fraction of sp³-hybridized carbons (Fsp3) is 0.154. The van der Waals surface area contributed by atoms with Gasteiger partial charge in [-0.3, -0.25) is 0 Å². The standard InChI is InChI=1S/C13H11F4N3/c1-7-6-19-12(5-10(7)18)20-11-4-8(13(15,16)17)2-3-9(11)14/h2-6H,1H3,(H3,18,19,20). The van der Waals surface area contributed by atoms with Crippen molar-refractivity contribution in [3.05, 3.63) is 47.4 Å². The third-order valence-corrected chi connectivity index (χ3v) is 2.70. The van der Waals surface area contributed by atoms with Gasteiger partial charge in [0.25, 0.3) is 0 Å². The molecule has 106 valence electrons. The fourth-order valence-electron chi connectivity index (χ4n) is 1.54. The number of nitrogens with two attached hydrogens (primary N) is 1. The molecular weight excluding hydrogens is 274 g/mol. The number of aryl methyl sites for hydroxylation is 1. The molecule has 0 aliphatic heterocycles. The second-order valence-electron chi connectivity index (χ2n) is 4.24. The molecule has 2 rings (SSSR count). The quantitative estimate of drug-likeness (QED) is 0.823. The molecule has 0 bridgehead atoms. The number of halogens is 4. The Balaban J connectivity index is 2.35. The zero-order valence-corrected chi connectivity index (χ0v) is 10.4. The molecule has 0 saturated heterocycles. The highest BCUT2D eigenvalue weighted by molar-refractivity contribution is 5.62. The average Bonchev–Trinajstić information content (AvgIpc) is 2.35. The van der Waals surface area contributed by atoms with E-state index in [4.69, 9.17) is 5.73 Å². The number of nitrogens with zero attached hydrogens (tertiary/aromatic N) is 1. The van der Waals surface area contributed by atoms with Crippen molar-refractivity contribution in [3.8, 4) is 0 Å². The molecule has 2 aromatic rings. The first-order valence-corrected chi connectivity index (χ1v) is 5.63. The molecule has 20 heavy (non-hydrogen) atoms. The molecule has 1 aromatic heterocycles. The van der Waals surface area contributed by atoms with Crippen molar-refractivity contribution in [2.45, 2.75) is 13.1 Å². The highest BCUT2D eigenvalue weighted by Gasteiger charge is 2.31. The number of benzene rings is 1. The van der Waals surface area contributed by atoms with E-state index in [1.54, 1.807) is 6.92 Å². The van der Waals surface area contributed by atoms with Gasteiger partial charge in [-0.1, -0.05) is 0 Å². The largest absolute Gasteiger partial charge is 0.416 e. The Morgan fingerprint density at radius 2 is 1.90 bits per heavy atom. The van der Waals surface area contributed by atoms with Gasteiger partial charge in [0.2, 0.25) is 0 Å². The van der Waals surface area contributed by atoms with E-state index in [1.807, 2.05) is 0 Å². The lowest BCUT2D eigenvalue weighted by Gasteiger charge is -2.12. The molecular formula is C13H11F4N3. The van der Waals surface area contributed by atoms with Gasteiger partial charge in [0.1, 0.15) is 11.6 Å². The van der Waals surface area contributed by atoms with Gasteiger partial charge in [0.15, 0.2) is 0 Å². The minimum absolute atomic E-state index is 0.173. The van der Waals surface area contributed by atoms with Crippen molar-refractivity contribution >= 4 is 17.2 Å². The van der Waals surface area contributed by atoms with Crippen LogP contribution < -0.4 is 11.1 Å². The van der Waals surface area contributed by atoms with Crippen LogP contribution in [0.25, 0.3) is 0 Å². The van der Waals surface area contributed by atoms with Crippen LogP contribution in [0.2, 0.25) is 0 Å². The van der Waals surface area contributed by atoms with Crippen molar-refractivity contribution in [2.75, 3.05) is 11.1 Å². The van der Waals surface area contributed by atoms with E-state index in [0.29, 0.717) is 17.8 Å². The Morgan fingerprint density at radius 3 is 2.50 bits per heavy atom. The van der Waals surface area contributed by atoms with E-state index in [0.717, 1.165) is 11.6 Å². The van der Waals surface area contributed by atoms with E-state index >= 15 is 0 Å². The van der Waals surface area contributed by atoms with Gasteiger partial charge < -0.3 is 11.1 Å². The number of nitrogen functional groups attached to an aromatic ring is 1. The molecule has 0 radical (unpaired) electrons. The Kier molecular flexibility index (Phi) is 3.52. The SMILES string of the molecule is Cc1cnc(Nc2cc(C(F)(F)F)ccc2F)cc1N. The van der Waals surface area contributed by atoms with Crippen molar-refractivity contribution in [1.82, 2.24) is 4.98 Å². The molecule has 0 saturated carbocycles. The van der Waals surface area contributed by atoms with Crippen LogP contribution in [0.4, 0.5) is 34.8 Å². The van der Waals surface area contributed by atoms with Gasteiger partial charge in [-0.05, 0) is 30.7 Å². The number of nitrogens with one attached hydrogen (secondary N) is 1. The molecule has 3 nitrogen and oxygen atoms in total. The second kappa shape index (κ2) is 4.99. The van der Waals surface area contributed by atoms with Gasteiger partial charge in [0, 0.05) is 18.0 Å². The number of hydrogen-bond acceptors (Lipinski definition) is 3. The van der Waals surface area contributed by atoms with Gasteiger partial charge in [-0.25, -0.2) is 9.37 Å². The Bertz CT molecular complexity index is 638. The summed E-state index contributed by atoms with van der Waals surface area (Å²) in [6.45, 7) is 1.73. The average molecular weight is 285 g/mol. The van der Waals surface area contributed by atoms with Crippen LogP contribution in [-0.4, -0.2) is 4.98 Å². The highest BCUT2D eigenvalue weighted by Crippen LogP contribution is 2.32. The Hall–Kier alpha value is -2.31. The number of rotatable bonds is 2. The van der Waals surface area contributed by atoms with Crippen LogP contribution in [0.5, 0.6) is 0 Å². The number of pyridine rings is 1. The summed E-state index contributed by atoms with van der Waals surface area (Å²) in [6.07, 6.45) is -3.09. The normalized spacial score (nSPS) is 11.4. The number of aromatic nitrogens is 1. The molecule has 0 aliphatic rings. The number of anilines is 3. The summed E-state index contributed by atoms with van der Waals surface area (Å²) >= 11 is 0. The van der Waals surface area contributed by atoms with Crippen molar-refractivity contribution in [1.29, 1.82) is 0 Å². The molecule has 0 unspecified atom stereocenters. The summed E-state index contributed by atoms with van der Waals surface area (Å²) in [5.41, 5.74) is 5.54. The van der Waals surface area contributed by atoms with Crippen LogP contribution in [0.15, 0.2) is 30.5 Å². The van der Waals surface area contributed by atoms with Crippen molar-refractivity contribution in [2.24, 2.45) is 0 Å². The van der Waals surface area contributed by atoms with Crippen LogP contribution >= 0.6 is 0 Å². The molecule has 1 aromatic carbocycles. The maximum atomic E-state index is 13.5. The Morgan fingerprint density at radius 1 is 1.20 bits per heavy atom. The van der Waals surface area contributed by atoms with Crippen molar-refractivity contribution in [3.63, 3.8) is 0 Å². The van der Waals surface area contributed by atoms with Gasteiger partial charge in [0.05, 0.1) is 11.3 Å². The van der Waals surface area contributed by atoms with Crippen LogP contribution in [0.1, 0.15) is 11.1 Å². The van der Waals surface area contributed by atoms with Crippen LogP contribution in [0.3, 0.4) is 0 Å². The van der Waals surface area contributed by atoms with Gasteiger partial charge in [-0.2, -0.15) is 13.2 Å². The van der Waals surface area contributed by atoms with Gasteiger partial charge in [-0.15, -0.1) is 0 Å². The zero-order chi connectivity index (χ0) is 14.9. The first-order chi connectivity index (χ1) is 9.27. The summed E-state index contributed by atoms with van der Waals surface area (Å²) in [7, 11) is 0. The molecule has 7 heteroatoms. The molecule has 1 heterocycles. The number of hydrogen-bond donors (Lipinski definition) is 2. The predicted molar refractivity (Wildman–Crippen MR) is 68.1 cm³/mol. The minimum Gasteiger partial charge on any atom is -0.398 e.